The molecule has 2 bridgehead atoms. The number of fused-ring (bicyclic) bond motifs is 2. The number of tetrazole rings is 1. The molecule has 3 rings (SSSR count). The molecule has 1 aromatic rings. The van der Waals surface area contributed by atoms with Gasteiger partial charge in [-0.1, -0.05) is 0 Å². The fraction of sp³-hybridized carbons (Fsp3) is 0.750. The van der Waals surface area contributed by atoms with Crippen LogP contribution in [0.15, 0.2) is 0 Å². The number of hydroxylamine groups is 2. The van der Waals surface area contributed by atoms with Crippen LogP contribution in [0.5, 0.6) is 0 Å². The Hall–Kier alpha value is -1.79. The molecule has 2 aliphatic heterocycles. The summed E-state index contributed by atoms with van der Waals surface area (Å²) in [5, 5.41) is 12.3. The number of carbonyl (C=O) groups is 1. The molecule has 0 saturated carbocycles. The average molecular weight is 304 g/mol. The molecule has 1 unspecified atom stereocenters. The fourth-order valence-electron chi connectivity index (χ4n) is 2.53. The van der Waals surface area contributed by atoms with Crippen molar-refractivity contribution >= 4 is 16.4 Å². The van der Waals surface area contributed by atoms with Crippen LogP contribution in [0.4, 0.5) is 4.79 Å². The van der Waals surface area contributed by atoms with Gasteiger partial charge >= 0.3 is 16.4 Å². The van der Waals surface area contributed by atoms with E-state index < -0.39 is 22.5 Å². The Bertz CT molecular complexity index is 644. The molecule has 2 aliphatic rings. The first-order valence-corrected chi connectivity index (χ1v) is 7.22. The van der Waals surface area contributed by atoms with E-state index in [2.05, 4.69) is 19.7 Å². The van der Waals surface area contributed by atoms with Crippen molar-refractivity contribution in [1.29, 1.82) is 0 Å². The molecule has 2 atom stereocenters. The van der Waals surface area contributed by atoms with E-state index in [1.807, 2.05) is 0 Å². The summed E-state index contributed by atoms with van der Waals surface area (Å²) >= 11 is 0. The molecule has 0 radical (unpaired) electrons. The molecule has 11 nitrogen and oxygen atoms in total. The van der Waals surface area contributed by atoms with Gasteiger partial charge in [0.15, 0.2) is 5.82 Å². The number of hydrogen-bond donors (Lipinski definition) is 1. The standard InChI is InChI=1S/C8H12N6O5S/c1-12-10-7(9-11-12)6-3-2-5-4-13(6)8(15)14(5)19-20(16,17)18/h5-6H,2-4H2,1H3,(H,16,17,18)/t5-,6?/m1/s1. The van der Waals surface area contributed by atoms with Gasteiger partial charge in [0.05, 0.1) is 19.1 Å². The van der Waals surface area contributed by atoms with Crippen LogP contribution in [0.25, 0.3) is 0 Å². The van der Waals surface area contributed by atoms with E-state index in [9.17, 15) is 13.2 Å². The zero-order valence-corrected chi connectivity index (χ0v) is 11.3. The molecule has 2 saturated heterocycles. The third-order valence-electron chi connectivity index (χ3n) is 3.32. The monoisotopic (exact) mass is 304 g/mol. The van der Waals surface area contributed by atoms with Gasteiger partial charge in [0.25, 0.3) is 0 Å². The van der Waals surface area contributed by atoms with Crippen molar-refractivity contribution < 1.29 is 22.0 Å². The molecule has 3 heterocycles. The average Bonchev–Trinajstić information content (AvgIpc) is 2.88. The maximum Gasteiger partial charge on any atom is 0.418 e. The van der Waals surface area contributed by atoms with Crippen molar-refractivity contribution in [2.75, 3.05) is 6.54 Å². The van der Waals surface area contributed by atoms with Crippen LogP contribution in [0.1, 0.15) is 24.7 Å². The summed E-state index contributed by atoms with van der Waals surface area (Å²) in [6, 6.07) is -1.43. The summed E-state index contributed by atoms with van der Waals surface area (Å²) in [6.45, 7) is 0.289. The van der Waals surface area contributed by atoms with Gasteiger partial charge in [-0.05, 0) is 18.1 Å². The Morgan fingerprint density at radius 3 is 2.75 bits per heavy atom. The van der Waals surface area contributed by atoms with Gasteiger partial charge < -0.3 is 4.90 Å². The molecule has 1 N–H and O–H groups in total. The molecule has 2 amide bonds. The number of nitrogens with zero attached hydrogens (tertiary/aromatic N) is 6. The summed E-state index contributed by atoms with van der Waals surface area (Å²) in [5.41, 5.74) is 0. The second kappa shape index (κ2) is 4.36. The van der Waals surface area contributed by atoms with Gasteiger partial charge in [-0.3, -0.25) is 4.55 Å². The normalized spacial score (nSPS) is 26.4. The lowest BCUT2D eigenvalue weighted by atomic mass is 10.0. The Labute approximate surface area is 114 Å². The summed E-state index contributed by atoms with van der Waals surface area (Å²) in [6.07, 6.45) is 1.08. The number of carbonyl (C=O) groups excluding carboxylic acids is 1. The lowest BCUT2D eigenvalue weighted by Gasteiger charge is -2.27. The van der Waals surface area contributed by atoms with Crippen LogP contribution in [0, 0.1) is 0 Å². The molecule has 1 aromatic heterocycles. The largest absolute Gasteiger partial charge is 0.418 e. The van der Waals surface area contributed by atoms with Crippen LogP contribution in [-0.2, 0) is 21.7 Å². The first-order chi connectivity index (χ1) is 9.35. The molecule has 20 heavy (non-hydrogen) atoms. The highest BCUT2D eigenvalue weighted by Crippen LogP contribution is 2.37. The van der Waals surface area contributed by atoms with Crippen molar-refractivity contribution in [3.8, 4) is 0 Å². The van der Waals surface area contributed by atoms with Crippen LogP contribution >= 0.6 is 0 Å². The number of urea groups is 1. The highest BCUT2D eigenvalue weighted by atomic mass is 32.3. The summed E-state index contributed by atoms with van der Waals surface area (Å²) < 4.78 is 34.5. The summed E-state index contributed by atoms with van der Waals surface area (Å²) in [4.78, 5) is 14.8. The van der Waals surface area contributed by atoms with E-state index >= 15 is 0 Å². The number of piperidine rings is 1. The highest BCUT2D eigenvalue weighted by Gasteiger charge is 2.48. The van der Waals surface area contributed by atoms with Crippen molar-refractivity contribution in [1.82, 2.24) is 30.2 Å². The molecule has 2 fully saturated rings. The molecule has 0 aliphatic carbocycles. The highest BCUT2D eigenvalue weighted by molar-refractivity contribution is 7.80. The van der Waals surface area contributed by atoms with Crippen molar-refractivity contribution in [2.24, 2.45) is 7.05 Å². The first-order valence-electron chi connectivity index (χ1n) is 5.86. The third kappa shape index (κ3) is 2.21. The first kappa shape index (κ1) is 13.2. The smallest absolute Gasteiger partial charge is 0.310 e. The minimum atomic E-state index is -4.73. The molecular formula is C8H12N6O5S. The quantitative estimate of drug-likeness (QED) is 0.695. The van der Waals surface area contributed by atoms with Crippen molar-refractivity contribution in [3.63, 3.8) is 0 Å². The van der Waals surface area contributed by atoms with Crippen LogP contribution in [0.3, 0.4) is 0 Å². The van der Waals surface area contributed by atoms with E-state index in [0.29, 0.717) is 23.7 Å². The minimum Gasteiger partial charge on any atom is -0.310 e. The number of aryl methyl sites for hydroxylation is 1. The summed E-state index contributed by atoms with van der Waals surface area (Å²) in [7, 11) is -3.11. The number of amides is 2. The third-order valence-corrected chi connectivity index (χ3v) is 3.67. The molecule has 110 valence electrons. The minimum absolute atomic E-state index is 0.289. The number of rotatable bonds is 3. The number of aromatic nitrogens is 4. The Morgan fingerprint density at radius 2 is 2.15 bits per heavy atom. The van der Waals surface area contributed by atoms with E-state index in [-0.39, 0.29) is 12.6 Å². The van der Waals surface area contributed by atoms with Crippen molar-refractivity contribution in [3.05, 3.63) is 5.82 Å². The van der Waals surface area contributed by atoms with Gasteiger partial charge in [0.1, 0.15) is 0 Å². The molecule has 0 aromatic carbocycles. The van der Waals surface area contributed by atoms with E-state index in [1.165, 1.54) is 9.70 Å². The topological polar surface area (TPSA) is 131 Å². The predicted octanol–water partition coefficient (Wildman–Crippen LogP) is -1.11. The fourth-order valence-corrected chi connectivity index (χ4v) is 2.92. The van der Waals surface area contributed by atoms with Crippen molar-refractivity contribution in [2.45, 2.75) is 24.9 Å². The summed E-state index contributed by atoms with van der Waals surface area (Å²) in [5.74, 6) is 0.396. The van der Waals surface area contributed by atoms with Gasteiger partial charge in [-0.25, -0.2) is 4.79 Å². The maximum atomic E-state index is 12.1. The zero-order chi connectivity index (χ0) is 14.5. The molecule has 12 heteroatoms. The van der Waals surface area contributed by atoms with Gasteiger partial charge in [0, 0.05) is 6.54 Å². The second-order valence-corrected chi connectivity index (χ2v) is 5.65. The van der Waals surface area contributed by atoms with Crippen LogP contribution < -0.4 is 0 Å². The van der Waals surface area contributed by atoms with Crippen LogP contribution in [0.2, 0.25) is 0 Å². The van der Waals surface area contributed by atoms with E-state index in [1.54, 1.807) is 7.05 Å². The predicted molar refractivity (Wildman–Crippen MR) is 61.1 cm³/mol. The maximum absolute atomic E-state index is 12.1. The van der Waals surface area contributed by atoms with Crippen LogP contribution in [-0.4, -0.2) is 61.8 Å². The molecular weight excluding hydrogens is 292 g/mol. The lowest BCUT2D eigenvalue weighted by Crippen LogP contribution is -2.35. The SMILES string of the molecule is Cn1nnc(C2CC[C@@H]3CN2C(=O)N3OS(=O)(=O)O)n1. The Balaban J connectivity index is 1.84. The van der Waals surface area contributed by atoms with E-state index in [0.717, 1.165) is 0 Å². The molecule has 0 spiro atoms. The second-order valence-electron chi connectivity index (χ2n) is 4.65. The Morgan fingerprint density at radius 1 is 1.40 bits per heavy atom. The lowest BCUT2D eigenvalue weighted by molar-refractivity contribution is -0.0317. The Kier molecular flexibility index (Phi) is 2.88. The van der Waals surface area contributed by atoms with Gasteiger partial charge in [-0.2, -0.15) is 18.3 Å². The van der Waals surface area contributed by atoms with Gasteiger partial charge in [0.2, 0.25) is 0 Å². The van der Waals surface area contributed by atoms with E-state index in [4.69, 9.17) is 4.55 Å². The van der Waals surface area contributed by atoms with Gasteiger partial charge in [-0.15, -0.1) is 14.5 Å². The number of hydrogen-bond acceptors (Lipinski definition) is 7. The zero-order valence-electron chi connectivity index (χ0n) is 10.4.